The van der Waals surface area contributed by atoms with E-state index in [9.17, 15) is 5.11 Å². The number of hydrogen-bond acceptors (Lipinski definition) is 5. The molecule has 0 amide bonds. The highest BCUT2D eigenvalue weighted by Gasteiger charge is 2.57. The van der Waals surface area contributed by atoms with Crippen LogP contribution in [0.3, 0.4) is 0 Å². The van der Waals surface area contributed by atoms with E-state index in [2.05, 4.69) is 54.4 Å². The van der Waals surface area contributed by atoms with Gasteiger partial charge in [0.05, 0.1) is 6.61 Å². The third-order valence-electron chi connectivity index (χ3n) is 7.68. The van der Waals surface area contributed by atoms with Crippen LogP contribution >= 0.6 is 0 Å². The molecule has 4 aliphatic heterocycles. The molecule has 0 bridgehead atoms. The van der Waals surface area contributed by atoms with Crippen molar-refractivity contribution in [1.82, 2.24) is 5.32 Å². The molecule has 2 N–H and O–H groups in total. The predicted octanol–water partition coefficient (Wildman–Crippen LogP) is 3.17. The summed E-state index contributed by atoms with van der Waals surface area (Å²) in [7, 11) is 0. The van der Waals surface area contributed by atoms with E-state index in [1.807, 2.05) is 6.07 Å². The largest absolute Gasteiger partial charge is 0.492 e. The van der Waals surface area contributed by atoms with Crippen molar-refractivity contribution in [3.63, 3.8) is 0 Å². The van der Waals surface area contributed by atoms with Crippen LogP contribution in [-0.2, 0) is 10.8 Å². The van der Waals surface area contributed by atoms with Gasteiger partial charge in [-0.1, -0.05) is 32.0 Å². The molecule has 158 valence electrons. The van der Waals surface area contributed by atoms with Crippen molar-refractivity contribution in [2.45, 2.75) is 43.7 Å². The summed E-state index contributed by atoms with van der Waals surface area (Å²) in [6.07, 6.45) is 1.68. The quantitative estimate of drug-likeness (QED) is 0.802. The molecular formula is C25H30N2O3. The molecule has 0 aromatic heterocycles. The summed E-state index contributed by atoms with van der Waals surface area (Å²) < 4.78 is 12.2. The van der Waals surface area contributed by atoms with Crippen LogP contribution < -0.4 is 19.7 Å². The zero-order chi connectivity index (χ0) is 20.5. The van der Waals surface area contributed by atoms with Crippen molar-refractivity contribution < 1.29 is 14.6 Å². The minimum Gasteiger partial charge on any atom is -0.492 e. The van der Waals surface area contributed by atoms with Gasteiger partial charge in [0, 0.05) is 34.8 Å². The molecule has 1 spiro atoms. The summed E-state index contributed by atoms with van der Waals surface area (Å²) in [4.78, 5) is 2.23. The van der Waals surface area contributed by atoms with E-state index in [-0.39, 0.29) is 5.41 Å². The van der Waals surface area contributed by atoms with E-state index < -0.39 is 11.6 Å². The van der Waals surface area contributed by atoms with Gasteiger partial charge in [-0.3, -0.25) is 0 Å². The molecule has 30 heavy (non-hydrogen) atoms. The van der Waals surface area contributed by atoms with Crippen molar-refractivity contribution in [3.05, 3.63) is 53.1 Å². The first kappa shape index (κ1) is 18.5. The maximum Gasteiger partial charge on any atom is 0.144 e. The van der Waals surface area contributed by atoms with Gasteiger partial charge in [0.2, 0.25) is 0 Å². The zero-order valence-electron chi connectivity index (χ0n) is 17.8. The topological polar surface area (TPSA) is 54.0 Å². The average molecular weight is 407 g/mol. The van der Waals surface area contributed by atoms with Crippen molar-refractivity contribution >= 4 is 5.69 Å². The number of fused-ring (bicyclic) bond motifs is 5. The van der Waals surface area contributed by atoms with Crippen molar-refractivity contribution in [3.8, 4) is 11.5 Å². The van der Waals surface area contributed by atoms with E-state index >= 15 is 0 Å². The monoisotopic (exact) mass is 406 g/mol. The van der Waals surface area contributed by atoms with Gasteiger partial charge in [0.15, 0.2) is 0 Å². The Morgan fingerprint density at radius 1 is 1.00 bits per heavy atom. The highest BCUT2D eigenvalue weighted by atomic mass is 16.5. The van der Waals surface area contributed by atoms with Crippen LogP contribution in [0.15, 0.2) is 36.4 Å². The molecule has 2 aromatic rings. The minimum atomic E-state index is -0.630. The zero-order valence-corrected chi connectivity index (χ0v) is 17.8. The number of para-hydroxylation sites is 1. The molecule has 2 aromatic carbocycles. The smallest absolute Gasteiger partial charge is 0.144 e. The third kappa shape index (κ3) is 2.42. The van der Waals surface area contributed by atoms with Gasteiger partial charge in [-0.05, 0) is 49.5 Å². The van der Waals surface area contributed by atoms with Crippen LogP contribution in [0.25, 0.3) is 0 Å². The lowest BCUT2D eigenvalue weighted by molar-refractivity contribution is 0.0914. The first-order valence-corrected chi connectivity index (χ1v) is 11.2. The van der Waals surface area contributed by atoms with Crippen LogP contribution in [0.4, 0.5) is 5.69 Å². The number of nitrogens with one attached hydrogen (secondary N) is 1. The molecule has 6 rings (SSSR count). The number of hydrogen-bond donors (Lipinski definition) is 2. The molecule has 1 fully saturated rings. The Balaban J connectivity index is 1.46. The van der Waals surface area contributed by atoms with E-state index in [0.29, 0.717) is 19.1 Å². The summed E-state index contributed by atoms with van der Waals surface area (Å²) in [5.41, 5.74) is 4.07. The molecular weight excluding hydrogens is 376 g/mol. The average Bonchev–Trinajstić information content (AvgIpc) is 3.36. The SMILES string of the molecule is CC1(C)COc2cc3c(cc21)C1(CO3)c2ccccc2N(CC2CCNCC2)C1O. The Bertz CT molecular complexity index is 998. The van der Waals surface area contributed by atoms with Crippen LogP contribution in [-0.4, -0.2) is 44.2 Å². The number of anilines is 1. The molecule has 0 aliphatic carbocycles. The molecule has 1 saturated heterocycles. The van der Waals surface area contributed by atoms with E-state index in [0.717, 1.165) is 55.2 Å². The number of ether oxygens (including phenoxy) is 2. The highest BCUT2D eigenvalue weighted by molar-refractivity contribution is 5.71. The Labute approximate surface area is 178 Å². The minimum absolute atomic E-state index is 0.0357. The van der Waals surface area contributed by atoms with Gasteiger partial charge in [-0.25, -0.2) is 0 Å². The lowest BCUT2D eigenvalue weighted by Crippen LogP contribution is -2.49. The second kappa shape index (κ2) is 6.38. The van der Waals surface area contributed by atoms with Gasteiger partial charge < -0.3 is 24.8 Å². The fourth-order valence-electron chi connectivity index (χ4n) is 5.90. The Morgan fingerprint density at radius 3 is 2.57 bits per heavy atom. The molecule has 5 nitrogen and oxygen atoms in total. The predicted molar refractivity (Wildman–Crippen MR) is 117 cm³/mol. The van der Waals surface area contributed by atoms with E-state index in [4.69, 9.17) is 9.47 Å². The summed E-state index contributed by atoms with van der Waals surface area (Å²) in [6.45, 7) is 8.59. The molecule has 2 atom stereocenters. The Hall–Kier alpha value is -2.24. The lowest BCUT2D eigenvalue weighted by atomic mass is 9.74. The van der Waals surface area contributed by atoms with Gasteiger partial charge in [0.25, 0.3) is 0 Å². The standard InChI is InChI=1S/C25H30N2O3/c1-24(2)14-29-21-12-22-19(11-18(21)24)25(15-30-22)17-5-3-4-6-20(17)27(23(25)28)13-16-7-9-26-10-8-16/h3-6,11-12,16,23,26,28H,7-10,13-15H2,1-2H3. The fourth-order valence-corrected chi connectivity index (χ4v) is 5.90. The van der Waals surface area contributed by atoms with Crippen LogP contribution in [0, 0.1) is 5.92 Å². The Kier molecular flexibility index (Phi) is 3.94. The number of aliphatic hydroxyl groups excluding tert-OH is 1. The fraction of sp³-hybridized carbons (Fsp3) is 0.520. The number of benzene rings is 2. The van der Waals surface area contributed by atoms with Gasteiger partial charge in [0.1, 0.15) is 29.7 Å². The number of aliphatic hydroxyl groups is 1. The van der Waals surface area contributed by atoms with Gasteiger partial charge >= 0.3 is 0 Å². The second-order valence-electron chi connectivity index (χ2n) is 10.0. The van der Waals surface area contributed by atoms with Gasteiger partial charge in [-0.2, -0.15) is 0 Å². The molecule has 0 radical (unpaired) electrons. The van der Waals surface area contributed by atoms with Crippen molar-refractivity contribution in [1.29, 1.82) is 0 Å². The maximum atomic E-state index is 11.8. The molecule has 2 unspecified atom stereocenters. The van der Waals surface area contributed by atoms with Crippen LogP contribution in [0.1, 0.15) is 43.4 Å². The lowest BCUT2D eigenvalue weighted by Gasteiger charge is -2.35. The number of piperidine rings is 1. The molecule has 5 heteroatoms. The van der Waals surface area contributed by atoms with Crippen molar-refractivity contribution in [2.24, 2.45) is 5.92 Å². The number of rotatable bonds is 2. The summed E-state index contributed by atoms with van der Waals surface area (Å²) in [6, 6.07) is 12.8. The first-order valence-electron chi connectivity index (χ1n) is 11.2. The first-order chi connectivity index (χ1) is 14.5. The summed E-state index contributed by atoms with van der Waals surface area (Å²) >= 11 is 0. The summed E-state index contributed by atoms with van der Waals surface area (Å²) in [5, 5.41) is 15.3. The van der Waals surface area contributed by atoms with Gasteiger partial charge in [-0.15, -0.1) is 0 Å². The summed E-state index contributed by atoms with van der Waals surface area (Å²) in [5.74, 6) is 2.37. The Morgan fingerprint density at radius 2 is 1.73 bits per heavy atom. The maximum absolute atomic E-state index is 11.8. The van der Waals surface area contributed by atoms with E-state index in [1.54, 1.807) is 0 Å². The van der Waals surface area contributed by atoms with Crippen molar-refractivity contribution in [2.75, 3.05) is 37.7 Å². The molecule has 4 aliphatic rings. The normalized spacial score (nSPS) is 28.8. The molecule has 0 saturated carbocycles. The van der Waals surface area contributed by atoms with Crippen LogP contribution in [0.2, 0.25) is 0 Å². The number of nitrogens with zero attached hydrogens (tertiary/aromatic N) is 1. The third-order valence-corrected chi connectivity index (χ3v) is 7.68. The van der Waals surface area contributed by atoms with Crippen LogP contribution in [0.5, 0.6) is 11.5 Å². The van der Waals surface area contributed by atoms with E-state index in [1.165, 1.54) is 11.1 Å². The molecule has 4 heterocycles. The second-order valence-corrected chi connectivity index (χ2v) is 10.0. The highest BCUT2D eigenvalue weighted by Crippen LogP contribution is 2.56.